The van der Waals surface area contributed by atoms with Gasteiger partial charge in [-0.2, -0.15) is 0 Å². The summed E-state index contributed by atoms with van der Waals surface area (Å²) in [4.78, 5) is 55.1. The van der Waals surface area contributed by atoms with Gasteiger partial charge in [0.05, 0.1) is 0 Å². The van der Waals surface area contributed by atoms with Crippen molar-refractivity contribution in [1.82, 2.24) is 20.2 Å². The van der Waals surface area contributed by atoms with Crippen LogP contribution in [-0.4, -0.2) is 118 Å². The van der Waals surface area contributed by atoms with Crippen molar-refractivity contribution < 1.29 is 19.1 Å². The number of hydrogen-bond acceptors (Lipinski definition) is 11. The van der Waals surface area contributed by atoms with E-state index in [0.29, 0.717) is 19.5 Å². The van der Waals surface area contributed by atoms with Gasteiger partial charge in [0.1, 0.15) is 5.60 Å². The lowest BCUT2D eigenvalue weighted by Crippen LogP contribution is -2.46. The number of aromatic nitrogens is 2. The van der Waals surface area contributed by atoms with Crippen LogP contribution in [0.1, 0.15) is 33.6 Å². The van der Waals surface area contributed by atoms with E-state index in [1.54, 1.807) is 7.05 Å². The van der Waals surface area contributed by atoms with Crippen molar-refractivity contribution in [3.05, 3.63) is 97.6 Å². The molecule has 0 radical (unpaired) electrons. The predicted octanol–water partition coefficient (Wildman–Crippen LogP) is 5.56. The van der Waals surface area contributed by atoms with Crippen LogP contribution in [0, 0.1) is 0 Å². The molecule has 0 bridgehead atoms. The highest BCUT2D eigenvalue weighted by molar-refractivity contribution is 5.91. The van der Waals surface area contributed by atoms with Gasteiger partial charge >= 0.3 is 6.09 Å². The van der Waals surface area contributed by atoms with Crippen molar-refractivity contribution in [2.45, 2.75) is 39.2 Å². The summed E-state index contributed by atoms with van der Waals surface area (Å²) in [7, 11) is 3.47. The summed E-state index contributed by atoms with van der Waals surface area (Å²) in [5.41, 5.74) is 5.81. The fourth-order valence-corrected chi connectivity index (χ4v) is 6.45. The van der Waals surface area contributed by atoms with Gasteiger partial charge in [0, 0.05) is 144 Å². The number of piperazine rings is 2. The van der Waals surface area contributed by atoms with E-state index in [9.17, 15) is 14.4 Å². The van der Waals surface area contributed by atoms with Crippen LogP contribution >= 0.6 is 0 Å². The molecule has 2 aliphatic heterocycles. The lowest BCUT2D eigenvalue weighted by molar-refractivity contribution is -0.117. The Bertz CT molecular complexity index is 1820. The molecule has 6 rings (SSSR count). The normalized spacial score (nSPS) is 14.3. The van der Waals surface area contributed by atoms with Crippen LogP contribution in [0.15, 0.2) is 97.6 Å². The highest BCUT2D eigenvalue weighted by Crippen LogP contribution is 2.24. The van der Waals surface area contributed by atoms with Crippen molar-refractivity contribution in [2.24, 2.45) is 0 Å². The summed E-state index contributed by atoms with van der Waals surface area (Å²) in [5, 5.41) is 8.79. The minimum absolute atomic E-state index is 0.0352. The van der Waals surface area contributed by atoms with Gasteiger partial charge < -0.3 is 45.2 Å². The molecule has 14 heteroatoms. The smallest absolute Gasteiger partial charge is 0.410 e. The van der Waals surface area contributed by atoms with E-state index in [0.717, 1.165) is 69.4 Å². The lowest BCUT2D eigenvalue weighted by Gasteiger charge is -2.37. The van der Waals surface area contributed by atoms with Crippen molar-refractivity contribution >= 4 is 52.0 Å². The second-order valence-electron chi connectivity index (χ2n) is 15.1. The molecule has 2 aromatic carbocycles. The standard InChI is InChI=1S/C24H33N5O3.C19H25N5O/c1-24(2,3)32-23(31)27(4)14-11-22(30)26-19-5-7-20(8-6-19)28-15-17-29(18-16-28)21-9-12-25-13-10-21;1-20-9-8-19(25)22-16-2-4-17(5-3-16)23-12-14-24(15-13-23)18-6-10-21-11-7-18/h5-10,12-13H,11,14-18H2,1-4H3,(H,26,30);2-7,10-11,20H,8-9,12-15H2,1H3,(H,22,25). The van der Waals surface area contributed by atoms with Crippen molar-refractivity contribution in [1.29, 1.82) is 0 Å². The summed E-state index contributed by atoms with van der Waals surface area (Å²) in [6, 6.07) is 24.2. The highest BCUT2D eigenvalue weighted by Gasteiger charge is 2.21. The molecule has 0 aliphatic carbocycles. The van der Waals surface area contributed by atoms with Gasteiger partial charge in [0.25, 0.3) is 0 Å². The van der Waals surface area contributed by atoms with E-state index in [1.165, 1.54) is 22.0 Å². The summed E-state index contributed by atoms with van der Waals surface area (Å²) in [6.45, 7) is 14.1. The lowest BCUT2D eigenvalue weighted by atomic mass is 10.2. The second-order valence-corrected chi connectivity index (χ2v) is 15.1. The zero-order valence-corrected chi connectivity index (χ0v) is 34.0. The van der Waals surface area contributed by atoms with Crippen LogP contribution in [0.25, 0.3) is 0 Å². The zero-order chi connectivity index (χ0) is 40.6. The predicted molar refractivity (Wildman–Crippen MR) is 229 cm³/mol. The van der Waals surface area contributed by atoms with Crippen molar-refractivity contribution in [3.8, 4) is 0 Å². The molecule has 14 nitrogen and oxygen atoms in total. The summed E-state index contributed by atoms with van der Waals surface area (Å²) in [6.07, 6.45) is 7.58. The molecule has 0 atom stereocenters. The number of anilines is 6. The third kappa shape index (κ3) is 13.7. The van der Waals surface area contributed by atoms with Gasteiger partial charge in [-0.3, -0.25) is 19.6 Å². The Kier molecular flexibility index (Phi) is 15.5. The van der Waals surface area contributed by atoms with Gasteiger partial charge in [0.15, 0.2) is 0 Å². The maximum atomic E-state index is 12.3. The zero-order valence-electron chi connectivity index (χ0n) is 34.0. The topological polar surface area (TPSA) is 139 Å². The molecule has 4 heterocycles. The molecule has 2 saturated heterocycles. The SMILES string of the molecule is CN(CCC(=O)Nc1ccc(N2CCN(c3ccncc3)CC2)cc1)C(=O)OC(C)(C)C.CNCCC(=O)Nc1ccc(N2CCN(c3ccncc3)CC2)cc1. The maximum Gasteiger partial charge on any atom is 0.410 e. The molecule has 4 aromatic rings. The van der Waals surface area contributed by atoms with Crippen LogP contribution in [-0.2, 0) is 14.3 Å². The Morgan fingerprint density at radius 2 is 0.947 bits per heavy atom. The molecule has 0 saturated carbocycles. The first-order chi connectivity index (χ1) is 27.5. The van der Waals surface area contributed by atoms with Crippen LogP contribution < -0.4 is 35.6 Å². The first-order valence-corrected chi connectivity index (χ1v) is 19.7. The fourth-order valence-electron chi connectivity index (χ4n) is 6.45. The average molecular weight is 779 g/mol. The quantitative estimate of drug-likeness (QED) is 0.167. The number of nitrogens with zero attached hydrogens (tertiary/aromatic N) is 7. The molecule has 0 unspecified atom stereocenters. The molecular weight excluding hydrogens is 721 g/mol. The first kappa shape index (κ1) is 42.3. The second kappa shape index (κ2) is 20.9. The number of ether oxygens (including phenoxy) is 1. The molecule has 3 N–H and O–H groups in total. The average Bonchev–Trinajstić information content (AvgIpc) is 3.23. The van der Waals surface area contributed by atoms with Crippen molar-refractivity contribution in [3.63, 3.8) is 0 Å². The Balaban J connectivity index is 0.000000224. The molecule has 2 aliphatic rings. The van der Waals surface area contributed by atoms with E-state index in [1.807, 2.05) is 101 Å². The van der Waals surface area contributed by atoms with E-state index < -0.39 is 11.7 Å². The van der Waals surface area contributed by atoms with E-state index in [2.05, 4.69) is 69.8 Å². The Morgan fingerprint density at radius 3 is 1.30 bits per heavy atom. The van der Waals surface area contributed by atoms with Crippen molar-refractivity contribution in [2.75, 3.05) is 110 Å². The van der Waals surface area contributed by atoms with Crippen LogP contribution in [0.4, 0.5) is 38.9 Å². The molecular formula is C43H58N10O4. The monoisotopic (exact) mass is 778 g/mol. The Hall–Kier alpha value is -5.89. The number of carbonyl (C=O) groups is 3. The molecule has 2 fully saturated rings. The number of hydrogen-bond donors (Lipinski definition) is 3. The van der Waals surface area contributed by atoms with Crippen LogP contribution in [0.3, 0.4) is 0 Å². The minimum Gasteiger partial charge on any atom is -0.444 e. The number of carbonyl (C=O) groups excluding carboxylic acids is 3. The van der Waals surface area contributed by atoms with E-state index in [-0.39, 0.29) is 18.2 Å². The summed E-state index contributed by atoms with van der Waals surface area (Å²) in [5.74, 6) is -0.104. The van der Waals surface area contributed by atoms with Gasteiger partial charge in [0.2, 0.25) is 11.8 Å². The van der Waals surface area contributed by atoms with Gasteiger partial charge in [-0.1, -0.05) is 0 Å². The number of amides is 3. The van der Waals surface area contributed by atoms with Gasteiger partial charge in [-0.15, -0.1) is 0 Å². The number of benzene rings is 2. The summed E-state index contributed by atoms with van der Waals surface area (Å²) >= 11 is 0. The Morgan fingerprint density at radius 1 is 0.596 bits per heavy atom. The van der Waals surface area contributed by atoms with Gasteiger partial charge in [-0.05, 0) is 101 Å². The highest BCUT2D eigenvalue weighted by atomic mass is 16.6. The van der Waals surface area contributed by atoms with Gasteiger partial charge in [-0.25, -0.2) is 4.79 Å². The third-order valence-corrected chi connectivity index (χ3v) is 9.63. The number of nitrogens with one attached hydrogen (secondary N) is 3. The van der Waals surface area contributed by atoms with Crippen LogP contribution in [0.2, 0.25) is 0 Å². The molecule has 3 amide bonds. The molecule has 57 heavy (non-hydrogen) atoms. The first-order valence-electron chi connectivity index (χ1n) is 19.7. The molecule has 0 spiro atoms. The fraction of sp³-hybridized carbons (Fsp3) is 0.419. The molecule has 304 valence electrons. The summed E-state index contributed by atoms with van der Waals surface area (Å²) < 4.78 is 5.30. The Labute approximate surface area is 337 Å². The number of rotatable bonds is 12. The maximum absolute atomic E-state index is 12.3. The van der Waals surface area contributed by atoms with Crippen LogP contribution in [0.5, 0.6) is 0 Å². The largest absolute Gasteiger partial charge is 0.444 e. The minimum atomic E-state index is -0.555. The number of pyridine rings is 2. The van der Waals surface area contributed by atoms with E-state index in [4.69, 9.17) is 4.74 Å². The molecule has 2 aromatic heterocycles. The third-order valence-electron chi connectivity index (χ3n) is 9.63. The van der Waals surface area contributed by atoms with E-state index >= 15 is 0 Å².